The fourth-order valence-corrected chi connectivity index (χ4v) is 5.97. The molecule has 0 saturated carbocycles. The third-order valence-electron chi connectivity index (χ3n) is 5.89. The molecule has 35 heavy (non-hydrogen) atoms. The van der Waals surface area contributed by atoms with Crippen LogP contribution in [0.2, 0.25) is 0 Å². The molecule has 3 aromatic carbocycles. The zero-order valence-electron chi connectivity index (χ0n) is 18.2. The van der Waals surface area contributed by atoms with Gasteiger partial charge in [0, 0.05) is 28.8 Å². The van der Waals surface area contributed by atoms with Crippen LogP contribution in [0.25, 0.3) is 0 Å². The summed E-state index contributed by atoms with van der Waals surface area (Å²) in [7, 11) is -10.5. The number of phosphoric acid groups is 2. The van der Waals surface area contributed by atoms with Crippen LogP contribution in [0.4, 0.5) is 0 Å². The second-order valence-electron chi connectivity index (χ2n) is 8.07. The summed E-state index contributed by atoms with van der Waals surface area (Å²) in [5.41, 5.74) is 1.94. The largest absolute Gasteiger partial charge is 0.536 e. The van der Waals surface area contributed by atoms with Crippen LogP contribution < -0.4 is 9.26 Å². The van der Waals surface area contributed by atoms with Crippen molar-refractivity contribution in [1.82, 2.24) is 0 Å². The van der Waals surface area contributed by atoms with Crippen LogP contribution in [0.3, 0.4) is 0 Å². The van der Waals surface area contributed by atoms with Gasteiger partial charge in [0.2, 0.25) is 0 Å². The van der Waals surface area contributed by atoms with Gasteiger partial charge in [0.1, 0.15) is 23.0 Å². The Kier molecular flexibility index (Phi) is 5.16. The molecule has 0 aromatic heterocycles. The van der Waals surface area contributed by atoms with E-state index in [1.165, 1.54) is 30.3 Å². The number of carbonyl (C=O) groups is 1. The highest BCUT2D eigenvalue weighted by molar-refractivity contribution is 7.60. The lowest BCUT2D eigenvalue weighted by molar-refractivity contribution is 0.0224. The molecule has 5 rings (SSSR count). The molecule has 2 aliphatic rings. The number of rotatable bonds is 4. The maximum absolute atomic E-state index is 13.1. The Labute approximate surface area is 198 Å². The van der Waals surface area contributed by atoms with E-state index in [2.05, 4.69) is 4.31 Å². The van der Waals surface area contributed by atoms with E-state index in [-0.39, 0.29) is 23.0 Å². The van der Waals surface area contributed by atoms with E-state index in [0.717, 1.165) is 11.1 Å². The fraction of sp³-hybridized carbons (Fsp3) is 0.136. The van der Waals surface area contributed by atoms with Gasteiger partial charge < -0.3 is 28.9 Å². The molecule has 182 valence electrons. The Balaban J connectivity index is 1.70. The van der Waals surface area contributed by atoms with Gasteiger partial charge >= 0.3 is 21.6 Å². The number of ether oxygens (including phenoxy) is 2. The van der Waals surface area contributed by atoms with Crippen LogP contribution in [0.5, 0.6) is 23.0 Å². The summed E-state index contributed by atoms with van der Waals surface area (Å²) in [6.45, 7) is 3.68. The molecule has 0 radical (unpaired) electrons. The van der Waals surface area contributed by atoms with Gasteiger partial charge in [0.15, 0.2) is 5.60 Å². The van der Waals surface area contributed by atoms with Crippen molar-refractivity contribution in [2.24, 2.45) is 0 Å². The Morgan fingerprint density at radius 2 is 1.51 bits per heavy atom. The lowest BCUT2D eigenvalue weighted by Gasteiger charge is -2.36. The summed E-state index contributed by atoms with van der Waals surface area (Å²) in [6.07, 6.45) is 0. The highest BCUT2D eigenvalue weighted by Crippen LogP contribution is 2.60. The van der Waals surface area contributed by atoms with Crippen molar-refractivity contribution in [3.8, 4) is 23.0 Å². The van der Waals surface area contributed by atoms with Crippen molar-refractivity contribution in [2.75, 3.05) is 0 Å². The van der Waals surface area contributed by atoms with Gasteiger partial charge in [0.25, 0.3) is 0 Å². The number of phenols is 1. The number of benzene rings is 3. The van der Waals surface area contributed by atoms with Gasteiger partial charge in [-0.15, -0.1) is 0 Å². The molecule has 0 amide bonds. The number of esters is 1. The van der Waals surface area contributed by atoms with E-state index < -0.39 is 27.2 Å². The number of aryl methyl sites for hydroxylation is 1. The van der Waals surface area contributed by atoms with E-state index >= 15 is 0 Å². The van der Waals surface area contributed by atoms with Gasteiger partial charge in [-0.25, -0.2) is 13.9 Å². The minimum absolute atomic E-state index is 0.0515. The number of hydrogen-bond donors (Lipinski definition) is 4. The first-order chi connectivity index (χ1) is 16.3. The minimum atomic E-state index is -5.33. The van der Waals surface area contributed by atoms with E-state index in [0.29, 0.717) is 22.3 Å². The monoisotopic (exact) mass is 520 g/mol. The van der Waals surface area contributed by atoms with Gasteiger partial charge in [-0.2, -0.15) is 4.31 Å². The Hall–Kier alpha value is -3.17. The second kappa shape index (κ2) is 7.66. The van der Waals surface area contributed by atoms with Crippen molar-refractivity contribution in [2.45, 2.75) is 19.4 Å². The molecule has 2 heterocycles. The van der Waals surface area contributed by atoms with E-state index in [1.54, 1.807) is 12.1 Å². The van der Waals surface area contributed by atoms with Crippen LogP contribution in [-0.2, 0) is 23.8 Å². The van der Waals surface area contributed by atoms with E-state index in [1.807, 2.05) is 19.9 Å². The minimum Gasteiger partial charge on any atom is -0.508 e. The topological polar surface area (TPSA) is 169 Å². The van der Waals surface area contributed by atoms with Crippen molar-refractivity contribution >= 4 is 21.6 Å². The molecule has 0 saturated heterocycles. The Morgan fingerprint density at radius 1 is 0.886 bits per heavy atom. The molecule has 2 unspecified atom stereocenters. The van der Waals surface area contributed by atoms with Crippen molar-refractivity contribution in [1.29, 1.82) is 0 Å². The zero-order chi connectivity index (χ0) is 25.3. The predicted molar refractivity (Wildman–Crippen MR) is 119 cm³/mol. The Bertz CT molecular complexity index is 1510. The SMILES string of the molecule is Cc1ccc2c(c1C)C(=O)OC21c2ccc(O)cc2Oc2cc(OP(=O)(O)OP(=O)(O)O)ccc21. The standard InChI is InChI=1S/C22H18O11P2/c1-11-3-6-17-20(12(11)2)21(24)31-22(17)15-7-4-13(23)9-18(15)30-19-10-14(5-8-16(19)22)32-35(28,29)33-34(25,26)27/h3-10,23H,1-2H3,(H,28,29)(H2,25,26,27). The molecule has 11 nitrogen and oxygen atoms in total. The average molecular weight is 520 g/mol. The second-order valence-corrected chi connectivity index (χ2v) is 10.8. The summed E-state index contributed by atoms with van der Waals surface area (Å²) < 4.78 is 43.5. The van der Waals surface area contributed by atoms with E-state index in [4.69, 9.17) is 23.8 Å². The summed E-state index contributed by atoms with van der Waals surface area (Å²) in [4.78, 5) is 40.5. The quantitative estimate of drug-likeness (QED) is 0.288. The Morgan fingerprint density at radius 3 is 2.20 bits per heavy atom. The molecular formula is C22H18O11P2. The first-order valence-electron chi connectivity index (χ1n) is 10.1. The maximum atomic E-state index is 13.1. The number of hydrogen-bond acceptors (Lipinski definition) is 8. The molecule has 3 aromatic rings. The average Bonchev–Trinajstić information content (AvgIpc) is 3.01. The first kappa shape index (κ1) is 23.6. The summed E-state index contributed by atoms with van der Waals surface area (Å²) >= 11 is 0. The van der Waals surface area contributed by atoms with Crippen molar-refractivity contribution in [3.05, 3.63) is 81.9 Å². The lowest BCUT2D eigenvalue weighted by Crippen LogP contribution is -2.33. The van der Waals surface area contributed by atoms with Crippen LogP contribution in [-0.4, -0.2) is 25.8 Å². The van der Waals surface area contributed by atoms with Gasteiger partial charge in [-0.05, 0) is 49.2 Å². The number of aromatic hydroxyl groups is 1. The van der Waals surface area contributed by atoms with E-state index in [9.17, 15) is 23.9 Å². The number of phosphoric ester groups is 1. The van der Waals surface area contributed by atoms with Crippen LogP contribution in [0.1, 0.15) is 38.2 Å². The molecule has 0 aliphatic carbocycles. The fourth-order valence-electron chi connectivity index (χ4n) is 4.39. The third kappa shape index (κ3) is 3.83. The third-order valence-corrected chi connectivity index (χ3v) is 8.01. The predicted octanol–water partition coefficient (Wildman–Crippen LogP) is 4.17. The highest BCUT2D eigenvalue weighted by atomic mass is 31.3. The lowest BCUT2D eigenvalue weighted by atomic mass is 9.76. The first-order valence-corrected chi connectivity index (χ1v) is 13.1. The van der Waals surface area contributed by atoms with Crippen LogP contribution in [0.15, 0.2) is 48.5 Å². The van der Waals surface area contributed by atoms with Crippen LogP contribution in [0, 0.1) is 13.8 Å². The molecular weight excluding hydrogens is 502 g/mol. The summed E-state index contributed by atoms with van der Waals surface area (Å²) in [6, 6.07) is 11.8. The molecule has 1 spiro atoms. The molecule has 2 aliphatic heterocycles. The van der Waals surface area contributed by atoms with Crippen molar-refractivity contribution < 1.29 is 52.0 Å². The van der Waals surface area contributed by atoms with Gasteiger partial charge in [-0.1, -0.05) is 12.1 Å². The van der Waals surface area contributed by atoms with Crippen molar-refractivity contribution in [3.63, 3.8) is 0 Å². The normalized spacial score (nSPS) is 19.7. The smallest absolute Gasteiger partial charge is 0.508 e. The molecule has 13 heteroatoms. The molecule has 2 atom stereocenters. The summed E-state index contributed by atoms with van der Waals surface area (Å²) in [5, 5.41) is 10.0. The molecule has 4 N–H and O–H groups in total. The highest BCUT2D eigenvalue weighted by Gasteiger charge is 2.54. The van der Waals surface area contributed by atoms with Crippen LogP contribution >= 0.6 is 15.6 Å². The number of fused-ring (bicyclic) bond motifs is 6. The van der Waals surface area contributed by atoms with Gasteiger partial charge in [0.05, 0.1) is 5.56 Å². The molecule has 0 fully saturated rings. The zero-order valence-corrected chi connectivity index (χ0v) is 19.9. The maximum Gasteiger partial charge on any atom is 0.536 e. The molecule has 0 bridgehead atoms. The van der Waals surface area contributed by atoms with Gasteiger partial charge in [-0.3, -0.25) is 4.89 Å². The number of phenolic OH excluding ortho intramolecular Hbond substituents is 1. The summed E-state index contributed by atoms with van der Waals surface area (Å²) in [5.74, 6) is -0.771. The number of carbonyl (C=O) groups excluding carboxylic acids is 1.